The average Bonchev–Trinajstić information content (AvgIpc) is 2.89. The van der Waals surface area contributed by atoms with Crippen LogP contribution in [0.4, 0.5) is 0 Å². The number of fused-ring (bicyclic) bond motifs is 1. The van der Waals surface area contributed by atoms with Gasteiger partial charge in [-0.15, -0.1) is 0 Å². The summed E-state index contributed by atoms with van der Waals surface area (Å²) in [6.45, 7) is 1.62. The Labute approximate surface area is 120 Å². The Balaban J connectivity index is 1.51. The normalized spacial score (nSPS) is 32.2. The molecule has 1 aromatic rings. The smallest absolute Gasteiger partial charge is 0.122 e. The maximum absolute atomic E-state index is 6.63. The first-order valence-corrected chi connectivity index (χ1v) is 7.89. The van der Waals surface area contributed by atoms with Gasteiger partial charge in [-0.1, -0.05) is 18.2 Å². The van der Waals surface area contributed by atoms with E-state index in [1.54, 1.807) is 0 Å². The van der Waals surface area contributed by atoms with E-state index in [0.29, 0.717) is 11.8 Å². The summed E-state index contributed by atoms with van der Waals surface area (Å²) in [7, 11) is 0. The molecule has 1 aliphatic carbocycles. The maximum atomic E-state index is 6.63. The number of nitrogens with two attached hydrogens (primary N) is 1. The van der Waals surface area contributed by atoms with Crippen LogP contribution < -0.4 is 10.5 Å². The van der Waals surface area contributed by atoms with Gasteiger partial charge in [-0.3, -0.25) is 0 Å². The minimum absolute atomic E-state index is 0.180. The van der Waals surface area contributed by atoms with Gasteiger partial charge in [-0.05, 0) is 44.1 Å². The SMILES string of the molecule is NC(C1CCOC2(CCC2)C1)C1COc2ccccc21. The Morgan fingerprint density at radius 1 is 1.25 bits per heavy atom. The minimum atomic E-state index is 0.180. The number of para-hydroxylation sites is 1. The monoisotopic (exact) mass is 273 g/mol. The molecule has 0 radical (unpaired) electrons. The van der Waals surface area contributed by atoms with Crippen molar-refractivity contribution in [2.45, 2.75) is 49.7 Å². The van der Waals surface area contributed by atoms with Crippen molar-refractivity contribution in [3.8, 4) is 5.75 Å². The lowest BCUT2D eigenvalue weighted by atomic mass is 9.68. The third-order valence-electron chi connectivity index (χ3n) is 5.54. The van der Waals surface area contributed by atoms with Crippen molar-refractivity contribution in [1.29, 1.82) is 0 Å². The molecule has 1 spiro atoms. The Hall–Kier alpha value is -1.06. The fourth-order valence-corrected chi connectivity index (χ4v) is 4.15. The molecule has 2 N–H and O–H groups in total. The zero-order valence-corrected chi connectivity index (χ0v) is 11.9. The van der Waals surface area contributed by atoms with Crippen LogP contribution in [-0.4, -0.2) is 24.9 Å². The van der Waals surface area contributed by atoms with Gasteiger partial charge in [0.2, 0.25) is 0 Å². The van der Waals surface area contributed by atoms with E-state index in [-0.39, 0.29) is 11.6 Å². The fraction of sp³-hybridized carbons (Fsp3) is 0.647. The van der Waals surface area contributed by atoms with E-state index in [1.807, 2.05) is 6.07 Å². The Bertz CT molecular complexity index is 498. The fourth-order valence-electron chi connectivity index (χ4n) is 4.15. The Morgan fingerprint density at radius 2 is 2.10 bits per heavy atom. The molecule has 108 valence electrons. The second-order valence-electron chi connectivity index (χ2n) is 6.67. The molecule has 2 heterocycles. The second kappa shape index (κ2) is 4.74. The third kappa shape index (κ3) is 1.95. The van der Waals surface area contributed by atoms with Gasteiger partial charge in [0, 0.05) is 24.1 Å². The molecule has 3 nitrogen and oxygen atoms in total. The van der Waals surface area contributed by atoms with E-state index in [0.717, 1.165) is 31.8 Å². The molecule has 1 aromatic carbocycles. The standard InChI is InChI=1S/C17H23NO2/c18-16(12-6-9-20-17(10-12)7-3-8-17)14-11-19-15-5-2-1-4-13(14)15/h1-2,4-5,12,14,16H,3,6-11,18H2. The summed E-state index contributed by atoms with van der Waals surface area (Å²) >= 11 is 0. The minimum Gasteiger partial charge on any atom is -0.493 e. The molecule has 4 rings (SSSR count). The van der Waals surface area contributed by atoms with Crippen molar-refractivity contribution in [3.63, 3.8) is 0 Å². The largest absolute Gasteiger partial charge is 0.493 e. The van der Waals surface area contributed by atoms with Gasteiger partial charge in [0.15, 0.2) is 0 Å². The van der Waals surface area contributed by atoms with Crippen LogP contribution in [0.1, 0.15) is 43.6 Å². The maximum Gasteiger partial charge on any atom is 0.122 e. The predicted octanol–water partition coefficient (Wildman–Crippen LogP) is 2.84. The van der Waals surface area contributed by atoms with Crippen molar-refractivity contribution in [3.05, 3.63) is 29.8 Å². The second-order valence-corrected chi connectivity index (χ2v) is 6.67. The number of hydrogen-bond acceptors (Lipinski definition) is 3. The van der Waals surface area contributed by atoms with Gasteiger partial charge in [0.1, 0.15) is 5.75 Å². The molecule has 1 saturated heterocycles. The van der Waals surface area contributed by atoms with E-state index in [4.69, 9.17) is 15.2 Å². The molecule has 3 aliphatic rings. The van der Waals surface area contributed by atoms with Crippen LogP contribution in [0.5, 0.6) is 5.75 Å². The number of ether oxygens (including phenoxy) is 2. The zero-order valence-electron chi connectivity index (χ0n) is 11.9. The summed E-state index contributed by atoms with van der Waals surface area (Å²) in [5.41, 5.74) is 8.11. The van der Waals surface area contributed by atoms with Gasteiger partial charge in [0.05, 0.1) is 12.2 Å². The first-order valence-electron chi connectivity index (χ1n) is 7.89. The molecule has 2 fully saturated rings. The van der Waals surface area contributed by atoms with Crippen LogP contribution in [0.3, 0.4) is 0 Å². The van der Waals surface area contributed by atoms with Crippen LogP contribution in [0.2, 0.25) is 0 Å². The van der Waals surface area contributed by atoms with Crippen LogP contribution in [0.15, 0.2) is 24.3 Å². The third-order valence-corrected chi connectivity index (χ3v) is 5.54. The highest BCUT2D eigenvalue weighted by atomic mass is 16.5. The molecule has 3 unspecified atom stereocenters. The molecule has 0 aromatic heterocycles. The molecule has 0 bridgehead atoms. The van der Waals surface area contributed by atoms with Crippen LogP contribution in [0, 0.1) is 5.92 Å². The summed E-state index contributed by atoms with van der Waals surface area (Å²) in [5, 5.41) is 0. The predicted molar refractivity (Wildman–Crippen MR) is 77.9 cm³/mol. The van der Waals surface area contributed by atoms with Crippen molar-refractivity contribution in [1.82, 2.24) is 0 Å². The quantitative estimate of drug-likeness (QED) is 0.901. The van der Waals surface area contributed by atoms with Crippen molar-refractivity contribution < 1.29 is 9.47 Å². The summed E-state index contributed by atoms with van der Waals surface area (Å²) in [5.74, 6) is 1.95. The summed E-state index contributed by atoms with van der Waals surface area (Å²) in [6, 6.07) is 8.54. The lowest BCUT2D eigenvalue weighted by Crippen LogP contribution is -2.50. The lowest BCUT2D eigenvalue weighted by Gasteiger charge is -2.49. The number of rotatable bonds is 2. The highest BCUT2D eigenvalue weighted by Crippen LogP contribution is 2.47. The molecule has 3 heteroatoms. The van der Waals surface area contributed by atoms with Crippen LogP contribution >= 0.6 is 0 Å². The van der Waals surface area contributed by atoms with Crippen molar-refractivity contribution in [2.24, 2.45) is 11.7 Å². The average molecular weight is 273 g/mol. The lowest BCUT2D eigenvalue weighted by molar-refractivity contribution is -0.146. The molecule has 3 atom stereocenters. The van der Waals surface area contributed by atoms with Crippen LogP contribution in [-0.2, 0) is 4.74 Å². The summed E-state index contributed by atoms with van der Waals surface area (Å²) in [4.78, 5) is 0. The summed E-state index contributed by atoms with van der Waals surface area (Å²) < 4.78 is 11.8. The van der Waals surface area contributed by atoms with Crippen molar-refractivity contribution >= 4 is 0 Å². The van der Waals surface area contributed by atoms with Gasteiger partial charge in [-0.2, -0.15) is 0 Å². The topological polar surface area (TPSA) is 44.5 Å². The molecule has 0 amide bonds. The molecular formula is C17H23NO2. The van der Waals surface area contributed by atoms with Gasteiger partial charge >= 0.3 is 0 Å². The highest BCUT2D eigenvalue weighted by molar-refractivity contribution is 5.40. The van der Waals surface area contributed by atoms with E-state index in [2.05, 4.69) is 18.2 Å². The first kappa shape index (κ1) is 12.7. The van der Waals surface area contributed by atoms with Crippen molar-refractivity contribution in [2.75, 3.05) is 13.2 Å². The van der Waals surface area contributed by atoms with Gasteiger partial charge in [-0.25, -0.2) is 0 Å². The molecule has 20 heavy (non-hydrogen) atoms. The van der Waals surface area contributed by atoms with E-state index < -0.39 is 0 Å². The Kier molecular flexibility index (Phi) is 3.00. The Morgan fingerprint density at radius 3 is 2.90 bits per heavy atom. The molecule has 2 aliphatic heterocycles. The zero-order chi connectivity index (χ0) is 13.6. The summed E-state index contributed by atoms with van der Waals surface area (Å²) in [6.07, 6.45) is 6.02. The van der Waals surface area contributed by atoms with E-state index >= 15 is 0 Å². The van der Waals surface area contributed by atoms with Gasteiger partial charge in [0.25, 0.3) is 0 Å². The van der Waals surface area contributed by atoms with E-state index in [9.17, 15) is 0 Å². The number of hydrogen-bond donors (Lipinski definition) is 1. The molecular weight excluding hydrogens is 250 g/mol. The first-order chi connectivity index (χ1) is 9.77. The van der Waals surface area contributed by atoms with Crippen LogP contribution in [0.25, 0.3) is 0 Å². The highest BCUT2D eigenvalue weighted by Gasteiger charge is 2.45. The molecule has 1 saturated carbocycles. The number of benzene rings is 1. The van der Waals surface area contributed by atoms with Gasteiger partial charge < -0.3 is 15.2 Å². The van der Waals surface area contributed by atoms with E-state index in [1.165, 1.54) is 24.8 Å².